The number of hydrogen-bond acceptors (Lipinski definition) is 4. The van der Waals surface area contributed by atoms with Crippen molar-refractivity contribution in [2.75, 3.05) is 6.61 Å². The van der Waals surface area contributed by atoms with E-state index in [4.69, 9.17) is 15.4 Å². The quantitative estimate of drug-likeness (QED) is 0.625. The summed E-state index contributed by atoms with van der Waals surface area (Å²) in [6.07, 6.45) is 4.20. The molecular weight excluding hydrogens is 319 g/mol. The van der Waals surface area contributed by atoms with Crippen molar-refractivity contribution >= 4 is 25.7 Å². The lowest BCUT2D eigenvalue weighted by Gasteiger charge is -2.11. The highest BCUT2D eigenvalue weighted by molar-refractivity contribution is 8.13. The third-order valence-electron chi connectivity index (χ3n) is 3.67. The Labute approximate surface area is 127 Å². The summed E-state index contributed by atoms with van der Waals surface area (Å²) in [6.45, 7) is 1.64. The van der Waals surface area contributed by atoms with Crippen LogP contribution < -0.4 is 0 Å². The topological polar surface area (TPSA) is 60.4 Å². The molecule has 0 aromatic heterocycles. The Balaban J connectivity index is 2.20. The van der Waals surface area contributed by atoms with E-state index >= 15 is 0 Å². The molecule has 2 rings (SSSR count). The van der Waals surface area contributed by atoms with Gasteiger partial charge in [-0.1, -0.05) is 12.8 Å². The molecule has 0 bridgehead atoms. The molecule has 1 aliphatic rings. The normalized spacial score (nSPS) is 16.1. The molecule has 0 N–H and O–H groups in total. The maximum Gasteiger partial charge on any atom is 0.341 e. The van der Waals surface area contributed by atoms with Crippen LogP contribution in [0.1, 0.15) is 41.6 Å². The van der Waals surface area contributed by atoms with E-state index in [1.165, 1.54) is 6.92 Å². The van der Waals surface area contributed by atoms with E-state index in [-0.39, 0.29) is 17.1 Å². The van der Waals surface area contributed by atoms with E-state index in [0.29, 0.717) is 5.92 Å². The lowest BCUT2D eigenvalue weighted by Crippen LogP contribution is -2.14. The van der Waals surface area contributed by atoms with Gasteiger partial charge in [0.05, 0.1) is 17.1 Å². The van der Waals surface area contributed by atoms with Crippen molar-refractivity contribution in [1.82, 2.24) is 0 Å². The first-order valence-corrected chi connectivity index (χ1v) is 9.02. The molecule has 0 atom stereocenters. The van der Waals surface area contributed by atoms with Crippen LogP contribution in [0.15, 0.2) is 17.0 Å². The molecule has 0 amide bonds. The van der Waals surface area contributed by atoms with E-state index < -0.39 is 26.4 Å². The van der Waals surface area contributed by atoms with Gasteiger partial charge in [-0.2, -0.15) is 0 Å². The van der Waals surface area contributed by atoms with Crippen molar-refractivity contribution < 1.29 is 22.3 Å². The maximum absolute atomic E-state index is 13.8. The minimum absolute atomic E-state index is 0.148. The van der Waals surface area contributed by atoms with Gasteiger partial charge < -0.3 is 4.74 Å². The lowest BCUT2D eigenvalue weighted by molar-refractivity contribution is 0.0437. The molecular formula is C14H16ClFO4S. The van der Waals surface area contributed by atoms with Gasteiger partial charge in [-0.25, -0.2) is 17.6 Å². The Morgan fingerprint density at radius 1 is 1.38 bits per heavy atom. The first-order chi connectivity index (χ1) is 9.79. The van der Waals surface area contributed by atoms with E-state index in [1.807, 2.05) is 0 Å². The first kappa shape index (κ1) is 16.2. The van der Waals surface area contributed by atoms with Crippen molar-refractivity contribution in [3.8, 4) is 0 Å². The molecule has 0 radical (unpaired) electrons. The summed E-state index contributed by atoms with van der Waals surface area (Å²) in [5.41, 5.74) is -0.257. The molecule has 1 fully saturated rings. The van der Waals surface area contributed by atoms with Gasteiger partial charge in [-0.3, -0.25) is 0 Å². The zero-order chi connectivity index (χ0) is 15.6. The van der Waals surface area contributed by atoms with E-state index in [1.54, 1.807) is 0 Å². The van der Waals surface area contributed by atoms with Gasteiger partial charge in [-0.05, 0) is 43.4 Å². The first-order valence-electron chi connectivity index (χ1n) is 6.71. The second-order valence-electron chi connectivity index (χ2n) is 5.28. The number of rotatable bonds is 4. The van der Waals surface area contributed by atoms with Crippen molar-refractivity contribution in [3.63, 3.8) is 0 Å². The van der Waals surface area contributed by atoms with Gasteiger partial charge in [0.15, 0.2) is 0 Å². The summed E-state index contributed by atoms with van der Waals surface area (Å²) >= 11 is 0. The molecule has 0 aliphatic heterocycles. The van der Waals surface area contributed by atoms with Crippen LogP contribution in [0.2, 0.25) is 0 Å². The summed E-state index contributed by atoms with van der Waals surface area (Å²) < 4.78 is 41.7. The maximum atomic E-state index is 13.8. The monoisotopic (exact) mass is 334 g/mol. The number of carbonyl (C=O) groups is 1. The van der Waals surface area contributed by atoms with E-state index in [9.17, 15) is 17.6 Å². The number of benzene rings is 1. The summed E-state index contributed by atoms with van der Waals surface area (Å²) in [5.74, 6) is -1.37. The summed E-state index contributed by atoms with van der Waals surface area (Å²) in [6, 6.07) is 1.91. The number of aryl methyl sites for hydroxylation is 1. The zero-order valence-corrected chi connectivity index (χ0v) is 13.1. The number of halogens is 2. The van der Waals surface area contributed by atoms with Gasteiger partial charge in [0.2, 0.25) is 0 Å². The van der Waals surface area contributed by atoms with E-state index in [2.05, 4.69) is 0 Å². The minimum atomic E-state index is -4.04. The Morgan fingerprint density at radius 3 is 2.57 bits per heavy atom. The van der Waals surface area contributed by atoms with Crippen LogP contribution in [-0.2, 0) is 13.8 Å². The zero-order valence-electron chi connectivity index (χ0n) is 11.6. The molecule has 21 heavy (non-hydrogen) atoms. The Kier molecular flexibility index (Phi) is 4.88. The van der Waals surface area contributed by atoms with Crippen LogP contribution in [0.3, 0.4) is 0 Å². The van der Waals surface area contributed by atoms with Gasteiger partial charge in [-0.15, -0.1) is 0 Å². The predicted molar refractivity (Wildman–Crippen MR) is 76.4 cm³/mol. The second-order valence-corrected chi connectivity index (χ2v) is 7.82. The molecule has 116 valence electrons. The average molecular weight is 335 g/mol. The largest absolute Gasteiger partial charge is 0.462 e. The fraction of sp³-hybridized carbons (Fsp3) is 0.500. The lowest BCUT2D eigenvalue weighted by atomic mass is 10.1. The van der Waals surface area contributed by atoms with Gasteiger partial charge in [0.1, 0.15) is 5.82 Å². The Bertz CT molecular complexity index is 651. The van der Waals surface area contributed by atoms with E-state index in [0.717, 1.165) is 37.8 Å². The minimum Gasteiger partial charge on any atom is -0.462 e. The number of hydrogen-bond donors (Lipinski definition) is 0. The SMILES string of the molecule is Cc1cc(F)c(C(=O)OCC2CCCC2)cc1S(=O)(=O)Cl. The molecule has 1 aromatic rings. The van der Waals surface area contributed by atoms with Gasteiger partial charge in [0.25, 0.3) is 9.05 Å². The molecule has 4 nitrogen and oxygen atoms in total. The second kappa shape index (κ2) is 6.32. The molecule has 1 aromatic carbocycles. The molecule has 0 spiro atoms. The number of carbonyl (C=O) groups excluding carboxylic acids is 1. The van der Waals surface area contributed by atoms with Crippen molar-refractivity contribution in [3.05, 3.63) is 29.1 Å². The molecule has 1 saturated carbocycles. The molecule has 1 aliphatic carbocycles. The summed E-state index contributed by atoms with van der Waals surface area (Å²) in [7, 11) is 1.23. The molecule has 7 heteroatoms. The molecule has 0 heterocycles. The predicted octanol–water partition coefficient (Wildman–Crippen LogP) is 3.41. The van der Waals surface area contributed by atoms with Crippen molar-refractivity contribution in [1.29, 1.82) is 0 Å². The fourth-order valence-electron chi connectivity index (χ4n) is 2.52. The van der Waals surface area contributed by atoms with Crippen molar-refractivity contribution in [2.24, 2.45) is 5.92 Å². The van der Waals surface area contributed by atoms with Gasteiger partial charge >= 0.3 is 5.97 Å². The van der Waals surface area contributed by atoms with Crippen LogP contribution >= 0.6 is 10.7 Å². The summed E-state index contributed by atoms with van der Waals surface area (Å²) in [5, 5.41) is 0. The summed E-state index contributed by atoms with van der Waals surface area (Å²) in [4.78, 5) is 11.6. The highest BCUT2D eigenvalue weighted by Gasteiger charge is 2.23. The van der Waals surface area contributed by atoms with Gasteiger partial charge in [0, 0.05) is 10.7 Å². The third kappa shape index (κ3) is 3.95. The highest BCUT2D eigenvalue weighted by Crippen LogP contribution is 2.26. The van der Waals surface area contributed by atoms with Crippen LogP contribution in [0.4, 0.5) is 4.39 Å². The standard InChI is InChI=1S/C14H16ClFO4S/c1-9-6-12(16)11(7-13(9)21(15,18)19)14(17)20-8-10-4-2-3-5-10/h6-7,10H,2-5,8H2,1H3. The third-order valence-corrected chi connectivity index (χ3v) is 5.14. The van der Waals surface area contributed by atoms with Crippen LogP contribution in [-0.4, -0.2) is 21.0 Å². The van der Waals surface area contributed by atoms with Crippen LogP contribution in [0.5, 0.6) is 0 Å². The molecule has 0 saturated heterocycles. The number of ether oxygens (including phenoxy) is 1. The average Bonchev–Trinajstić information content (AvgIpc) is 2.87. The fourth-order valence-corrected chi connectivity index (χ4v) is 3.72. The smallest absolute Gasteiger partial charge is 0.341 e. The molecule has 0 unspecified atom stereocenters. The number of esters is 1. The highest BCUT2D eigenvalue weighted by atomic mass is 35.7. The van der Waals surface area contributed by atoms with Crippen molar-refractivity contribution in [2.45, 2.75) is 37.5 Å². The Morgan fingerprint density at radius 2 is 2.00 bits per heavy atom. The Hall–Kier alpha value is -1.14. The van der Waals surface area contributed by atoms with Crippen LogP contribution in [0.25, 0.3) is 0 Å². The van der Waals surface area contributed by atoms with Crippen LogP contribution in [0, 0.1) is 18.7 Å².